The second-order valence-electron chi connectivity index (χ2n) is 6.72. The largest absolute Gasteiger partial charge is 0.399 e. The Hall–Kier alpha value is -2.79. The van der Waals surface area contributed by atoms with Crippen molar-refractivity contribution in [3.63, 3.8) is 0 Å². The number of fused-ring (bicyclic) bond motifs is 2. The number of aryl methyl sites for hydroxylation is 2. The number of anilines is 1. The van der Waals surface area contributed by atoms with E-state index in [4.69, 9.17) is 16.5 Å². The number of aromatic amines is 2. The monoisotopic (exact) mass is 319 g/mol. The molecule has 0 fully saturated rings. The van der Waals surface area contributed by atoms with E-state index < -0.39 is 5.54 Å². The van der Waals surface area contributed by atoms with Crippen molar-refractivity contribution in [2.45, 2.75) is 26.3 Å². The van der Waals surface area contributed by atoms with Crippen LogP contribution in [0.2, 0.25) is 0 Å². The fourth-order valence-electron chi connectivity index (χ4n) is 3.67. The van der Waals surface area contributed by atoms with E-state index in [0.29, 0.717) is 5.69 Å². The van der Waals surface area contributed by atoms with Crippen LogP contribution in [0.25, 0.3) is 21.9 Å². The molecule has 0 radical (unpaired) electrons. The van der Waals surface area contributed by atoms with Crippen molar-refractivity contribution in [1.29, 1.82) is 0 Å². The zero-order chi connectivity index (χ0) is 17.1. The lowest BCUT2D eigenvalue weighted by atomic mass is 9.85. The Morgan fingerprint density at radius 1 is 1.08 bits per heavy atom. The second-order valence-corrected chi connectivity index (χ2v) is 6.72. The Bertz CT molecular complexity index is 1070. The Balaban J connectivity index is 1.98. The fraction of sp³-hybridized carbons (Fsp3) is 0.211. The molecule has 0 aliphatic heterocycles. The van der Waals surface area contributed by atoms with Crippen molar-refractivity contribution in [2.24, 2.45) is 5.73 Å². The number of aromatic nitrogens is 3. The van der Waals surface area contributed by atoms with Gasteiger partial charge in [-0.25, -0.2) is 4.98 Å². The number of nitrogens with two attached hydrogens (primary N) is 2. The summed E-state index contributed by atoms with van der Waals surface area (Å²) >= 11 is 0. The molecule has 0 spiro atoms. The molecule has 0 saturated carbocycles. The van der Waals surface area contributed by atoms with Gasteiger partial charge in [0.1, 0.15) is 5.82 Å². The molecule has 0 saturated heterocycles. The van der Waals surface area contributed by atoms with E-state index in [9.17, 15) is 0 Å². The summed E-state index contributed by atoms with van der Waals surface area (Å²) in [6, 6.07) is 9.89. The van der Waals surface area contributed by atoms with Crippen LogP contribution in [0.15, 0.2) is 36.5 Å². The quantitative estimate of drug-likeness (QED) is 0.426. The first-order chi connectivity index (χ1) is 11.4. The number of nitrogens with one attached hydrogen (secondary N) is 2. The topological polar surface area (TPSA) is 96.5 Å². The van der Waals surface area contributed by atoms with Gasteiger partial charge in [-0.2, -0.15) is 0 Å². The molecule has 1 atom stereocenters. The summed E-state index contributed by atoms with van der Waals surface area (Å²) in [4.78, 5) is 11.4. The molecule has 0 amide bonds. The predicted molar refractivity (Wildman–Crippen MR) is 98.9 cm³/mol. The lowest BCUT2D eigenvalue weighted by Crippen LogP contribution is -2.36. The van der Waals surface area contributed by atoms with E-state index in [1.54, 1.807) is 0 Å². The molecular formula is C19H21N5. The van der Waals surface area contributed by atoms with Crippen LogP contribution in [-0.4, -0.2) is 15.0 Å². The van der Waals surface area contributed by atoms with Gasteiger partial charge in [-0.3, -0.25) is 0 Å². The SMILES string of the molecule is Cc1cc(C)c2[nH]ccc2c1C(C)(N)c1nc2ccc(N)cc2[nH]1. The lowest BCUT2D eigenvalue weighted by molar-refractivity contribution is 0.569. The summed E-state index contributed by atoms with van der Waals surface area (Å²) in [5, 5.41) is 1.14. The second kappa shape index (κ2) is 4.85. The highest BCUT2D eigenvalue weighted by atomic mass is 15.0. The molecule has 122 valence electrons. The number of H-pyrrole nitrogens is 2. The molecule has 4 rings (SSSR count). The van der Waals surface area contributed by atoms with Crippen LogP contribution >= 0.6 is 0 Å². The van der Waals surface area contributed by atoms with Crippen LogP contribution < -0.4 is 11.5 Å². The number of nitrogen functional groups attached to an aromatic ring is 1. The summed E-state index contributed by atoms with van der Waals surface area (Å²) in [5.74, 6) is 0.734. The molecule has 5 heteroatoms. The molecule has 6 N–H and O–H groups in total. The smallest absolute Gasteiger partial charge is 0.131 e. The van der Waals surface area contributed by atoms with Gasteiger partial charge in [-0.05, 0) is 61.7 Å². The van der Waals surface area contributed by atoms with Crippen LogP contribution in [0.3, 0.4) is 0 Å². The minimum atomic E-state index is -0.744. The van der Waals surface area contributed by atoms with Crippen molar-refractivity contribution < 1.29 is 0 Å². The van der Waals surface area contributed by atoms with E-state index in [1.165, 1.54) is 5.56 Å². The van der Waals surface area contributed by atoms with Crippen LogP contribution in [0, 0.1) is 13.8 Å². The third-order valence-corrected chi connectivity index (χ3v) is 4.76. The molecule has 2 aromatic heterocycles. The van der Waals surface area contributed by atoms with E-state index >= 15 is 0 Å². The van der Waals surface area contributed by atoms with Crippen molar-refractivity contribution in [3.05, 3.63) is 59.0 Å². The van der Waals surface area contributed by atoms with E-state index in [2.05, 4.69) is 35.9 Å². The molecule has 1 unspecified atom stereocenters. The summed E-state index contributed by atoms with van der Waals surface area (Å²) in [7, 11) is 0. The highest BCUT2D eigenvalue weighted by Gasteiger charge is 2.31. The molecule has 5 nitrogen and oxygen atoms in total. The summed E-state index contributed by atoms with van der Waals surface area (Å²) in [6.07, 6.45) is 1.95. The summed E-state index contributed by atoms with van der Waals surface area (Å²) in [5.41, 5.74) is 19.0. The van der Waals surface area contributed by atoms with E-state index in [-0.39, 0.29) is 0 Å². The third-order valence-electron chi connectivity index (χ3n) is 4.76. The molecule has 0 bridgehead atoms. The average molecular weight is 319 g/mol. The summed E-state index contributed by atoms with van der Waals surface area (Å²) in [6.45, 7) is 6.20. The van der Waals surface area contributed by atoms with Gasteiger partial charge in [0.05, 0.1) is 16.6 Å². The van der Waals surface area contributed by atoms with Crippen LogP contribution in [0.4, 0.5) is 5.69 Å². The fourth-order valence-corrected chi connectivity index (χ4v) is 3.67. The number of rotatable bonds is 2. The van der Waals surface area contributed by atoms with Gasteiger partial charge >= 0.3 is 0 Å². The minimum Gasteiger partial charge on any atom is -0.399 e. The first kappa shape index (κ1) is 14.8. The van der Waals surface area contributed by atoms with Gasteiger partial charge < -0.3 is 21.4 Å². The maximum absolute atomic E-state index is 6.80. The first-order valence-electron chi connectivity index (χ1n) is 8.00. The number of hydrogen-bond acceptors (Lipinski definition) is 3. The molecule has 0 aliphatic rings. The molecule has 2 heterocycles. The van der Waals surface area contributed by atoms with Crippen molar-refractivity contribution in [2.75, 3.05) is 5.73 Å². The van der Waals surface area contributed by atoms with E-state index in [1.807, 2.05) is 31.3 Å². The van der Waals surface area contributed by atoms with Gasteiger partial charge in [0.2, 0.25) is 0 Å². The number of imidazole rings is 1. The van der Waals surface area contributed by atoms with Gasteiger partial charge in [-0.1, -0.05) is 6.07 Å². The highest BCUT2D eigenvalue weighted by molar-refractivity contribution is 5.88. The molecular weight excluding hydrogens is 298 g/mol. The third kappa shape index (κ3) is 2.02. The Morgan fingerprint density at radius 3 is 2.67 bits per heavy atom. The average Bonchev–Trinajstić information content (AvgIpc) is 3.13. The molecule has 4 aromatic rings. The van der Waals surface area contributed by atoms with Crippen LogP contribution in [0.5, 0.6) is 0 Å². The van der Waals surface area contributed by atoms with Crippen molar-refractivity contribution in [1.82, 2.24) is 15.0 Å². The van der Waals surface area contributed by atoms with Crippen LogP contribution in [0.1, 0.15) is 29.4 Å². The van der Waals surface area contributed by atoms with Crippen LogP contribution in [-0.2, 0) is 5.54 Å². The number of hydrogen-bond donors (Lipinski definition) is 4. The molecule has 2 aromatic carbocycles. The van der Waals surface area contributed by atoms with Gasteiger partial charge in [0, 0.05) is 22.8 Å². The molecule has 0 aliphatic carbocycles. The number of benzene rings is 2. The Kier molecular flexibility index (Phi) is 2.99. The minimum absolute atomic E-state index is 0.705. The Labute approximate surface area is 140 Å². The lowest BCUT2D eigenvalue weighted by Gasteiger charge is -2.26. The highest BCUT2D eigenvalue weighted by Crippen LogP contribution is 2.35. The van der Waals surface area contributed by atoms with Crippen molar-refractivity contribution >= 4 is 27.6 Å². The first-order valence-corrected chi connectivity index (χ1v) is 8.00. The van der Waals surface area contributed by atoms with Gasteiger partial charge in [0.25, 0.3) is 0 Å². The van der Waals surface area contributed by atoms with E-state index in [0.717, 1.165) is 38.9 Å². The maximum atomic E-state index is 6.80. The normalized spacial score (nSPS) is 14.3. The predicted octanol–water partition coefficient (Wildman–Crippen LogP) is 3.47. The summed E-state index contributed by atoms with van der Waals surface area (Å²) < 4.78 is 0. The standard InChI is InChI=1S/C19H21N5/c1-10-8-11(2)17-13(6-7-22-17)16(10)19(3,21)18-23-14-5-4-12(20)9-15(14)24-18/h4-9,22H,20-21H2,1-3H3,(H,23,24). The molecule has 24 heavy (non-hydrogen) atoms. The maximum Gasteiger partial charge on any atom is 0.131 e. The van der Waals surface area contributed by atoms with Gasteiger partial charge in [-0.15, -0.1) is 0 Å². The zero-order valence-corrected chi connectivity index (χ0v) is 14.1. The Morgan fingerprint density at radius 2 is 1.88 bits per heavy atom. The van der Waals surface area contributed by atoms with Crippen molar-refractivity contribution in [3.8, 4) is 0 Å². The zero-order valence-electron chi connectivity index (χ0n) is 14.1. The number of nitrogens with zero attached hydrogens (tertiary/aromatic N) is 1. The van der Waals surface area contributed by atoms with Gasteiger partial charge in [0.15, 0.2) is 0 Å².